The number of ether oxygens (including phenoxy) is 1. The normalized spacial score (nSPS) is 10.4. The van der Waals surface area contributed by atoms with Gasteiger partial charge in [0, 0.05) is 18.8 Å². The Labute approximate surface area is 95.7 Å². The van der Waals surface area contributed by atoms with Gasteiger partial charge in [-0.1, -0.05) is 6.92 Å². The summed E-state index contributed by atoms with van der Waals surface area (Å²) >= 11 is 0. The Hall–Kier alpha value is -1.77. The van der Waals surface area contributed by atoms with Crippen molar-refractivity contribution in [1.82, 2.24) is 9.55 Å². The van der Waals surface area contributed by atoms with E-state index in [1.54, 1.807) is 6.33 Å². The van der Waals surface area contributed by atoms with Gasteiger partial charge in [0.15, 0.2) is 0 Å². The van der Waals surface area contributed by atoms with Crippen LogP contribution in [0, 0.1) is 0 Å². The van der Waals surface area contributed by atoms with E-state index >= 15 is 0 Å². The fourth-order valence-corrected chi connectivity index (χ4v) is 1.50. The molecule has 84 valence electrons. The molecule has 2 aromatic rings. The molecule has 1 aromatic heterocycles. The zero-order valence-electron chi connectivity index (χ0n) is 9.68. The Kier molecular flexibility index (Phi) is 3.25. The SMILES string of the molecule is CCCOc1ccc(-c2cn(C)cn2)cc1. The molecule has 16 heavy (non-hydrogen) atoms. The minimum Gasteiger partial charge on any atom is -0.494 e. The van der Waals surface area contributed by atoms with Crippen LogP contribution in [-0.4, -0.2) is 16.2 Å². The fourth-order valence-electron chi connectivity index (χ4n) is 1.50. The maximum Gasteiger partial charge on any atom is 0.119 e. The largest absolute Gasteiger partial charge is 0.494 e. The molecule has 1 aromatic carbocycles. The van der Waals surface area contributed by atoms with E-state index in [-0.39, 0.29) is 0 Å². The first kappa shape index (κ1) is 10.7. The quantitative estimate of drug-likeness (QED) is 0.785. The minimum atomic E-state index is 0.767. The average Bonchev–Trinajstić information content (AvgIpc) is 2.74. The molecule has 0 bridgehead atoms. The lowest BCUT2D eigenvalue weighted by atomic mass is 10.2. The first-order valence-electron chi connectivity index (χ1n) is 5.51. The zero-order chi connectivity index (χ0) is 11.4. The highest BCUT2D eigenvalue weighted by molar-refractivity contribution is 5.59. The Morgan fingerprint density at radius 1 is 1.25 bits per heavy atom. The molecule has 0 atom stereocenters. The molecule has 0 spiro atoms. The zero-order valence-corrected chi connectivity index (χ0v) is 9.68. The predicted octanol–water partition coefficient (Wildman–Crippen LogP) is 2.88. The number of benzene rings is 1. The van der Waals surface area contributed by atoms with Crippen LogP contribution in [0.15, 0.2) is 36.8 Å². The Morgan fingerprint density at radius 3 is 2.56 bits per heavy atom. The first-order valence-corrected chi connectivity index (χ1v) is 5.51. The molecule has 2 rings (SSSR count). The van der Waals surface area contributed by atoms with E-state index < -0.39 is 0 Å². The molecule has 3 heteroatoms. The van der Waals surface area contributed by atoms with Gasteiger partial charge in [0.05, 0.1) is 18.6 Å². The van der Waals surface area contributed by atoms with E-state index in [0.29, 0.717) is 0 Å². The molecule has 0 saturated heterocycles. The third-order valence-corrected chi connectivity index (χ3v) is 2.33. The Balaban J connectivity index is 2.13. The number of aromatic nitrogens is 2. The van der Waals surface area contributed by atoms with Crippen LogP contribution in [0.2, 0.25) is 0 Å². The van der Waals surface area contributed by atoms with Crippen LogP contribution >= 0.6 is 0 Å². The molecule has 0 amide bonds. The molecule has 0 aliphatic rings. The lowest BCUT2D eigenvalue weighted by molar-refractivity contribution is 0.317. The maximum absolute atomic E-state index is 5.53. The molecule has 0 saturated carbocycles. The van der Waals surface area contributed by atoms with E-state index in [1.807, 2.05) is 42.1 Å². The summed E-state index contributed by atoms with van der Waals surface area (Å²) in [5.41, 5.74) is 2.11. The number of rotatable bonds is 4. The number of hydrogen-bond acceptors (Lipinski definition) is 2. The summed E-state index contributed by atoms with van der Waals surface area (Å²) in [4.78, 5) is 4.30. The second kappa shape index (κ2) is 4.84. The number of hydrogen-bond donors (Lipinski definition) is 0. The lowest BCUT2D eigenvalue weighted by Crippen LogP contribution is -1.94. The van der Waals surface area contributed by atoms with Crippen molar-refractivity contribution in [3.05, 3.63) is 36.8 Å². The van der Waals surface area contributed by atoms with Gasteiger partial charge in [0.1, 0.15) is 5.75 Å². The van der Waals surface area contributed by atoms with E-state index in [4.69, 9.17) is 4.74 Å². The fraction of sp³-hybridized carbons (Fsp3) is 0.308. The van der Waals surface area contributed by atoms with Gasteiger partial charge >= 0.3 is 0 Å². The lowest BCUT2D eigenvalue weighted by Gasteiger charge is -2.04. The summed E-state index contributed by atoms with van der Waals surface area (Å²) < 4.78 is 7.47. The molecule has 3 nitrogen and oxygen atoms in total. The van der Waals surface area contributed by atoms with Crippen LogP contribution in [0.4, 0.5) is 0 Å². The highest BCUT2D eigenvalue weighted by Crippen LogP contribution is 2.20. The predicted molar refractivity (Wildman–Crippen MR) is 64.4 cm³/mol. The molecular formula is C13H16N2O. The third-order valence-electron chi connectivity index (χ3n) is 2.33. The summed E-state index contributed by atoms with van der Waals surface area (Å²) in [7, 11) is 1.97. The van der Waals surface area contributed by atoms with Gasteiger partial charge in [0.2, 0.25) is 0 Å². The summed E-state index contributed by atoms with van der Waals surface area (Å²) in [6.45, 7) is 2.87. The van der Waals surface area contributed by atoms with E-state index in [1.165, 1.54) is 0 Å². The standard InChI is InChI=1S/C13H16N2O/c1-3-8-16-12-6-4-11(5-7-12)13-9-15(2)10-14-13/h4-7,9-10H,3,8H2,1-2H3. The molecule has 0 N–H and O–H groups in total. The topological polar surface area (TPSA) is 27.1 Å². The number of nitrogens with zero attached hydrogens (tertiary/aromatic N) is 2. The second-order valence-corrected chi connectivity index (χ2v) is 3.80. The summed E-state index contributed by atoms with van der Waals surface area (Å²) in [6.07, 6.45) is 4.83. The van der Waals surface area contributed by atoms with Crippen LogP contribution < -0.4 is 4.74 Å². The van der Waals surface area contributed by atoms with Crippen LogP contribution in [-0.2, 0) is 7.05 Å². The second-order valence-electron chi connectivity index (χ2n) is 3.80. The van der Waals surface area contributed by atoms with Crippen molar-refractivity contribution >= 4 is 0 Å². The van der Waals surface area contributed by atoms with Gasteiger partial charge < -0.3 is 9.30 Å². The van der Waals surface area contributed by atoms with Crippen molar-refractivity contribution < 1.29 is 4.74 Å². The van der Waals surface area contributed by atoms with Crippen molar-refractivity contribution in [2.45, 2.75) is 13.3 Å². The van der Waals surface area contributed by atoms with E-state index in [2.05, 4.69) is 11.9 Å². The first-order chi connectivity index (χ1) is 7.79. The van der Waals surface area contributed by atoms with Gasteiger partial charge in [-0.3, -0.25) is 0 Å². The smallest absolute Gasteiger partial charge is 0.119 e. The summed E-state index contributed by atoms with van der Waals surface area (Å²) in [5.74, 6) is 0.918. The molecular weight excluding hydrogens is 200 g/mol. The van der Waals surface area contributed by atoms with Crippen molar-refractivity contribution in [2.75, 3.05) is 6.61 Å². The molecule has 0 aliphatic heterocycles. The Morgan fingerprint density at radius 2 is 2.00 bits per heavy atom. The van der Waals surface area contributed by atoms with Gasteiger partial charge in [-0.25, -0.2) is 4.98 Å². The monoisotopic (exact) mass is 216 g/mol. The third kappa shape index (κ3) is 2.42. The molecule has 0 aliphatic carbocycles. The van der Waals surface area contributed by atoms with Crippen molar-refractivity contribution in [3.63, 3.8) is 0 Å². The van der Waals surface area contributed by atoms with Gasteiger partial charge in [-0.15, -0.1) is 0 Å². The van der Waals surface area contributed by atoms with Crippen LogP contribution in [0.25, 0.3) is 11.3 Å². The molecule has 1 heterocycles. The highest BCUT2D eigenvalue weighted by atomic mass is 16.5. The van der Waals surface area contributed by atoms with E-state index in [9.17, 15) is 0 Å². The highest BCUT2D eigenvalue weighted by Gasteiger charge is 2.00. The summed E-state index contributed by atoms with van der Waals surface area (Å²) in [6, 6.07) is 8.04. The maximum atomic E-state index is 5.53. The molecule has 0 unspecified atom stereocenters. The number of aryl methyl sites for hydroxylation is 1. The van der Waals surface area contributed by atoms with Gasteiger partial charge in [-0.05, 0) is 30.7 Å². The van der Waals surface area contributed by atoms with Crippen LogP contribution in [0.1, 0.15) is 13.3 Å². The Bertz CT molecular complexity index is 445. The average molecular weight is 216 g/mol. The molecule has 0 radical (unpaired) electrons. The van der Waals surface area contributed by atoms with Crippen LogP contribution in [0.3, 0.4) is 0 Å². The minimum absolute atomic E-state index is 0.767. The van der Waals surface area contributed by atoms with E-state index in [0.717, 1.165) is 30.0 Å². The summed E-state index contributed by atoms with van der Waals surface area (Å²) in [5, 5.41) is 0. The van der Waals surface area contributed by atoms with Gasteiger partial charge in [0.25, 0.3) is 0 Å². The van der Waals surface area contributed by atoms with Gasteiger partial charge in [-0.2, -0.15) is 0 Å². The molecule has 0 fully saturated rings. The van der Waals surface area contributed by atoms with Crippen molar-refractivity contribution in [3.8, 4) is 17.0 Å². The van der Waals surface area contributed by atoms with Crippen molar-refractivity contribution in [2.24, 2.45) is 7.05 Å². The van der Waals surface area contributed by atoms with Crippen molar-refractivity contribution in [1.29, 1.82) is 0 Å². The number of imidazole rings is 1. The van der Waals surface area contributed by atoms with Crippen LogP contribution in [0.5, 0.6) is 5.75 Å².